The lowest BCUT2D eigenvalue weighted by atomic mass is 9.88. The highest BCUT2D eigenvalue weighted by Crippen LogP contribution is 2.35. The predicted octanol–water partition coefficient (Wildman–Crippen LogP) is 6.83. The molecule has 0 radical (unpaired) electrons. The highest BCUT2D eigenvalue weighted by atomic mass is 32.1. The predicted molar refractivity (Wildman–Crippen MR) is 290 cm³/mol. The lowest BCUT2D eigenvalue weighted by Gasteiger charge is -2.30. The van der Waals surface area contributed by atoms with Crippen molar-refractivity contribution in [2.75, 3.05) is 92.8 Å². The highest BCUT2D eigenvalue weighted by Gasteiger charge is 2.42. The molecular weight excluding hydrogens is 975 g/mol. The number of aryl methyl sites for hydroxylation is 1. The van der Waals surface area contributed by atoms with E-state index in [4.69, 9.17) is 28.4 Å². The van der Waals surface area contributed by atoms with Gasteiger partial charge < -0.3 is 54.0 Å². The average molecular weight is 1050 g/mol. The molecule has 0 saturated carbocycles. The molecule has 0 unspecified atom stereocenters. The van der Waals surface area contributed by atoms with Crippen molar-refractivity contribution in [2.24, 2.45) is 5.92 Å². The molecule has 402 valence electrons. The van der Waals surface area contributed by atoms with Crippen LogP contribution in [0, 0.1) is 12.8 Å². The topological polar surface area (TPSA) is 187 Å². The van der Waals surface area contributed by atoms with Gasteiger partial charge in [0.25, 0.3) is 0 Å². The zero-order valence-electron chi connectivity index (χ0n) is 43.9. The molecule has 0 spiro atoms. The molecule has 4 aromatic carbocycles. The molecule has 1 saturated heterocycles. The van der Waals surface area contributed by atoms with Gasteiger partial charge >= 0.3 is 0 Å². The number of thiazole rings is 1. The molecule has 75 heavy (non-hydrogen) atoms. The summed E-state index contributed by atoms with van der Waals surface area (Å²) in [5.74, 6) is -1.01. The van der Waals surface area contributed by atoms with Gasteiger partial charge in [0.2, 0.25) is 23.6 Å². The maximum Gasteiger partial charge on any atom is 0.248 e. The van der Waals surface area contributed by atoms with Gasteiger partial charge in [0, 0.05) is 26.6 Å². The molecule has 6 rings (SSSR count). The Bertz CT molecular complexity index is 2560. The zero-order valence-corrected chi connectivity index (χ0v) is 44.7. The SMILES string of the molecule is CC/C(=C(\c1ccccc1)c1ccc(OCCN(C)C(=O)COCCOCCOCCOCCOCC(=O)N[C@H](C(=O)N2C[C@H](O)C[C@H]2C(=O)NCc2ccc(-c3scnc3C)cc2)C(C)C)cc1)c1ccccc1. The largest absolute Gasteiger partial charge is 0.492 e. The number of likely N-dealkylation sites (N-methyl/N-ethyl adjacent to an activating group) is 1. The number of nitrogens with zero attached hydrogens (tertiary/aromatic N) is 3. The van der Waals surface area contributed by atoms with Gasteiger partial charge in [-0.25, -0.2) is 4.98 Å². The van der Waals surface area contributed by atoms with E-state index in [0.29, 0.717) is 46.2 Å². The van der Waals surface area contributed by atoms with Crippen LogP contribution in [0.3, 0.4) is 0 Å². The monoisotopic (exact) mass is 1050 g/mol. The number of nitrogens with one attached hydrogen (secondary N) is 2. The second-order valence-corrected chi connectivity index (χ2v) is 19.3. The zero-order chi connectivity index (χ0) is 53.4. The van der Waals surface area contributed by atoms with Crippen molar-refractivity contribution in [3.8, 4) is 16.2 Å². The van der Waals surface area contributed by atoms with Crippen LogP contribution in [0.1, 0.15) is 61.6 Å². The third-order valence-electron chi connectivity index (χ3n) is 12.6. The molecule has 1 aliphatic rings. The molecule has 0 bridgehead atoms. The molecule has 5 aromatic rings. The number of amides is 4. The first-order valence-corrected chi connectivity index (χ1v) is 26.6. The summed E-state index contributed by atoms with van der Waals surface area (Å²) in [6.07, 6.45) is 0.116. The first-order valence-electron chi connectivity index (χ1n) is 25.7. The third-order valence-corrected chi connectivity index (χ3v) is 13.6. The van der Waals surface area contributed by atoms with Crippen molar-refractivity contribution in [3.63, 3.8) is 0 Å². The Hall–Kier alpha value is -6.31. The summed E-state index contributed by atoms with van der Waals surface area (Å²) in [6.45, 7) is 10.7. The summed E-state index contributed by atoms with van der Waals surface area (Å²) < 4.78 is 33.7. The third kappa shape index (κ3) is 18.2. The molecule has 4 amide bonds. The number of hydrogen-bond donors (Lipinski definition) is 3. The molecule has 17 heteroatoms. The van der Waals surface area contributed by atoms with Crippen LogP contribution < -0.4 is 15.4 Å². The van der Waals surface area contributed by atoms with Crippen LogP contribution >= 0.6 is 11.3 Å². The van der Waals surface area contributed by atoms with E-state index in [1.807, 2.05) is 61.0 Å². The van der Waals surface area contributed by atoms with Gasteiger partial charge in [0.15, 0.2) is 0 Å². The second kappa shape index (κ2) is 30.9. The quantitative estimate of drug-likeness (QED) is 0.0311. The van der Waals surface area contributed by atoms with Crippen molar-refractivity contribution in [1.82, 2.24) is 25.4 Å². The highest BCUT2D eigenvalue weighted by molar-refractivity contribution is 7.13. The number of β-amino-alcohol motifs (C(OH)–C–C–N with tert-alkyl or cyclic N) is 1. The lowest BCUT2D eigenvalue weighted by Crippen LogP contribution is -2.55. The first kappa shape index (κ1) is 58.0. The fourth-order valence-electron chi connectivity index (χ4n) is 8.51. The smallest absolute Gasteiger partial charge is 0.248 e. The number of aliphatic hydroxyl groups is 1. The van der Waals surface area contributed by atoms with Gasteiger partial charge in [-0.2, -0.15) is 0 Å². The minimum atomic E-state index is -0.919. The van der Waals surface area contributed by atoms with E-state index >= 15 is 0 Å². The van der Waals surface area contributed by atoms with Crippen LogP contribution in [-0.2, 0) is 49.4 Å². The number of benzene rings is 4. The van der Waals surface area contributed by atoms with Crippen LogP contribution in [-0.4, -0.2) is 155 Å². The Morgan fingerprint density at radius 2 is 1.32 bits per heavy atom. The van der Waals surface area contributed by atoms with E-state index in [1.54, 1.807) is 37.1 Å². The average Bonchev–Trinajstić information content (AvgIpc) is 4.05. The van der Waals surface area contributed by atoms with Gasteiger partial charge in [0.1, 0.15) is 37.7 Å². The van der Waals surface area contributed by atoms with Gasteiger partial charge in [0.05, 0.1) is 81.6 Å². The number of rotatable bonds is 31. The van der Waals surface area contributed by atoms with E-state index in [2.05, 4.69) is 83.2 Å². The molecular formula is C58H73N5O11S. The summed E-state index contributed by atoms with van der Waals surface area (Å²) in [5.41, 5.74) is 10.6. The van der Waals surface area contributed by atoms with E-state index in [9.17, 15) is 24.3 Å². The minimum absolute atomic E-state index is 0.0114. The Kier molecular flexibility index (Phi) is 23.9. The van der Waals surface area contributed by atoms with Crippen LogP contribution in [0.15, 0.2) is 115 Å². The molecule has 3 N–H and O–H groups in total. The van der Waals surface area contributed by atoms with Gasteiger partial charge in [-0.15, -0.1) is 11.3 Å². The van der Waals surface area contributed by atoms with Gasteiger partial charge in [-0.1, -0.05) is 118 Å². The van der Waals surface area contributed by atoms with Crippen molar-refractivity contribution in [2.45, 2.75) is 65.3 Å². The van der Waals surface area contributed by atoms with E-state index in [1.165, 1.54) is 21.6 Å². The summed E-state index contributed by atoms with van der Waals surface area (Å²) >= 11 is 1.57. The Morgan fingerprint density at radius 1 is 0.747 bits per heavy atom. The van der Waals surface area contributed by atoms with Crippen LogP contribution in [0.5, 0.6) is 5.75 Å². The fourth-order valence-corrected chi connectivity index (χ4v) is 9.32. The van der Waals surface area contributed by atoms with E-state index < -0.39 is 30.0 Å². The fraction of sp³-hybridized carbons (Fsp3) is 0.431. The number of carbonyl (C=O) groups is 4. The summed E-state index contributed by atoms with van der Waals surface area (Å²) in [4.78, 5) is 60.9. The second-order valence-electron chi connectivity index (χ2n) is 18.4. The van der Waals surface area contributed by atoms with Crippen LogP contribution in [0.4, 0.5) is 0 Å². The molecule has 0 aliphatic carbocycles. The molecule has 2 heterocycles. The lowest BCUT2D eigenvalue weighted by molar-refractivity contribution is -0.143. The summed E-state index contributed by atoms with van der Waals surface area (Å²) in [7, 11) is 1.72. The standard InChI is InChI=1S/C58H73N5O11S/c1-6-50(44-13-9-7-10-14-44)54(45-15-11-8-12-16-45)46-21-23-49(24-22-46)74-26-25-62(5)53(66)39-73-34-32-71-30-28-69-27-29-70-31-33-72-38-52(65)61-55(41(2)3)58(68)63-37-48(64)35-51(63)57(67)59-36-43-17-19-47(20-18-43)56-42(4)60-40-75-56/h7-24,40-41,48,51,55,64H,6,25-39H2,1-5H3,(H,59,67)(H,61,65)/b54-50-/t48-,51+,55+/m1/s1. The number of aliphatic hydroxyl groups excluding tert-OH is 1. The van der Waals surface area contributed by atoms with Crippen molar-refractivity contribution in [3.05, 3.63) is 143 Å². The number of hydrogen-bond acceptors (Lipinski definition) is 13. The van der Waals surface area contributed by atoms with Gasteiger partial charge in [-0.3, -0.25) is 19.2 Å². The Balaban J connectivity index is 0.763. The maximum atomic E-state index is 13.7. The van der Waals surface area contributed by atoms with Gasteiger partial charge in [-0.05, 0) is 70.4 Å². The first-order chi connectivity index (χ1) is 36.4. The van der Waals surface area contributed by atoms with Crippen molar-refractivity contribution >= 4 is 46.1 Å². The normalized spacial score (nSPS) is 15.1. The molecule has 16 nitrogen and oxygen atoms in total. The van der Waals surface area contributed by atoms with Crippen LogP contribution in [0.25, 0.3) is 21.6 Å². The number of likely N-dealkylation sites (tertiary alicyclic amines) is 1. The number of ether oxygens (including phenoxy) is 6. The van der Waals surface area contributed by atoms with E-state index in [0.717, 1.165) is 45.0 Å². The summed E-state index contributed by atoms with van der Waals surface area (Å²) in [5, 5.41) is 16.1. The molecule has 3 atom stereocenters. The van der Waals surface area contributed by atoms with Crippen LogP contribution in [0.2, 0.25) is 0 Å². The number of aromatic nitrogens is 1. The molecule has 1 fully saturated rings. The van der Waals surface area contributed by atoms with Crippen molar-refractivity contribution < 1.29 is 52.7 Å². The molecule has 1 aromatic heterocycles. The minimum Gasteiger partial charge on any atom is -0.492 e. The number of allylic oxidation sites excluding steroid dienone is 1. The van der Waals surface area contributed by atoms with Crippen molar-refractivity contribution in [1.29, 1.82) is 0 Å². The Labute approximate surface area is 445 Å². The summed E-state index contributed by atoms with van der Waals surface area (Å²) in [6, 6.07) is 35.1. The van der Waals surface area contributed by atoms with E-state index in [-0.39, 0.29) is 70.3 Å². The molecule has 1 aliphatic heterocycles. The maximum absolute atomic E-state index is 13.7. The Morgan fingerprint density at radius 3 is 1.89 bits per heavy atom. The number of carbonyl (C=O) groups excluding carboxylic acids is 4.